The minimum absolute atomic E-state index is 0.190. The van der Waals surface area contributed by atoms with Crippen LogP contribution in [0.2, 0.25) is 5.02 Å². The van der Waals surface area contributed by atoms with E-state index in [1.165, 1.54) is 6.42 Å². The van der Waals surface area contributed by atoms with Crippen LogP contribution in [0.5, 0.6) is 0 Å². The highest BCUT2D eigenvalue weighted by Gasteiger charge is 2.33. The van der Waals surface area contributed by atoms with Gasteiger partial charge in [0.2, 0.25) is 0 Å². The van der Waals surface area contributed by atoms with Gasteiger partial charge in [0, 0.05) is 16.0 Å². The van der Waals surface area contributed by atoms with Crippen molar-refractivity contribution in [2.24, 2.45) is 5.92 Å². The van der Waals surface area contributed by atoms with E-state index >= 15 is 0 Å². The van der Waals surface area contributed by atoms with Crippen LogP contribution in [0, 0.1) is 5.92 Å². The lowest BCUT2D eigenvalue weighted by atomic mass is 9.78. The van der Waals surface area contributed by atoms with Gasteiger partial charge in [0.15, 0.2) is 0 Å². The number of rotatable bonds is 4. The molecule has 0 spiro atoms. The second-order valence-corrected chi connectivity index (χ2v) is 7.17. The zero-order valence-corrected chi connectivity index (χ0v) is 14.5. The molecule has 1 aromatic carbocycles. The van der Waals surface area contributed by atoms with Crippen LogP contribution in [0.15, 0.2) is 22.7 Å². The third-order valence-electron chi connectivity index (χ3n) is 4.37. The molecule has 0 heterocycles. The monoisotopic (exact) mass is 373 g/mol. The standard InChI is InChI=1S/C16H21BrClNO2/c1-2-11-5-7-16(21,8-6-11)10-19-15(20)13-4-3-12(18)9-14(13)17/h3-4,9,11,21H,2,5-8,10H2,1H3,(H,19,20). The number of nitrogens with one attached hydrogen (secondary N) is 1. The largest absolute Gasteiger partial charge is 0.388 e. The molecule has 1 aliphatic rings. The first kappa shape index (κ1) is 16.8. The molecule has 2 rings (SSSR count). The van der Waals surface area contributed by atoms with Crippen molar-refractivity contribution in [2.75, 3.05) is 6.54 Å². The van der Waals surface area contributed by atoms with E-state index in [2.05, 4.69) is 28.2 Å². The van der Waals surface area contributed by atoms with Gasteiger partial charge >= 0.3 is 0 Å². The van der Waals surface area contributed by atoms with E-state index in [9.17, 15) is 9.90 Å². The Morgan fingerprint density at radius 3 is 2.71 bits per heavy atom. The van der Waals surface area contributed by atoms with E-state index in [0.717, 1.165) is 25.7 Å². The normalized spacial score (nSPS) is 25.6. The molecule has 0 unspecified atom stereocenters. The van der Waals surface area contributed by atoms with E-state index in [0.29, 0.717) is 27.5 Å². The molecule has 0 aromatic heterocycles. The third kappa shape index (κ3) is 4.44. The molecule has 5 heteroatoms. The van der Waals surface area contributed by atoms with Gasteiger partial charge in [-0.15, -0.1) is 0 Å². The SMILES string of the molecule is CCC1CCC(O)(CNC(=O)c2ccc(Cl)cc2Br)CC1. The molecule has 3 nitrogen and oxygen atoms in total. The average Bonchev–Trinajstić information content (AvgIpc) is 2.46. The minimum atomic E-state index is -0.764. The molecule has 1 aliphatic carbocycles. The van der Waals surface area contributed by atoms with Crippen molar-refractivity contribution in [1.29, 1.82) is 0 Å². The lowest BCUT2D eigenvalue weighted by Crippen LogP contribution is -2.45. The molecule has 0 saturated heterocycles. The van der Waals surface area contributed by atoms with E-state index in [1.54, 1.807) is 18.2 Å². The Morgan fingerprint density at radius 1 is 1.48 bits per heavy atom. The first-order valence-electron chi connectivity index (χ1n) is 7.39. The Labute approximate surface area is 139 Å². The van der Waals surface area contributed by atoms with Crippen LogP contribution in [-0.4, -0.2) is 23.2 Å². The summed E-state index contributed by atoms with van der Waals surface area (Å²) in [5.41, 5.74) is -0.231. The van der Waals surface area contributed by atoms with Crippen LogP contribution in [0.4, 0.5) is 0 Å². The Balaban J connectivity index is 1.92. The number of halogens is 2. The van der Waals surface area contributed by atoms with Gasteiger partial charge in [-0.2, -0.15) is 0 Å². The van der Waals surface area contributed by atoms with Crippen molar-refractivity contribution in [2.45, 2.75) is 44.6 Å². The lowest BCUT2D eigenvalue weighted by Gasteiger charge is -2.35. The van der Waals surface area contributed by atoms with Gasteiger partial charge in [-0.1, -0.05) is 24.9 Å². The summed E-state index contributed by atoms with van der Waals surface area (Å²) >= 11 is 9.20. The molecule has 0 radical (unpaired) electrons. The molecule has 1 fully saturated rings. The Morgan fingerprint density at radius 2 is 2.14 bits per heavy atom. The molecule has 1 saturated carbocycles. The summed E-state index contributed by atoms with van der Waals surface area (Å²) in [5.74, 6) is 0.524. The van der Waals surface area contributed by atoms with Gasteiger partial charge in [0.05, 0.1) is 11.2 Å². The second kappa shape index (κ2) is 7.12. The highest BCUT2D eigenvalue weighted by Crippen LogP contribution is 2.33. The van der Waals surface area contributed by atoms with Gasteiger partial charge in [0.1, 0.15) is 0 Å². The highest BCUT2D eigenvalue weighted by atomic mass is 79.9. The van der Waals surface area contributed by atoms with Gasteiger partial charge in [0.25, 0.3) is 5.91 Å². The van der Waals surface area contributed by atoms with Crippen LogP contribution < -0.4 is 5.32 Å². The van der Waals surface area contributed by atoms with Crippen LogP contribution in [-0.2, 0) is 0 Å². The number of carbonyl (C=O) groups excluding carboxylic acids is 1. The van der Waals surface area contributed by atoms with E-state index in [1.807, 2.05) is 0 Å². The van der Waals surface area contributed by atoms with Crippen LogP contribution in [0.25, 0.3) is 0 Å². The van der Waals surface area contributed by atoms with Gasteiger partial charge in [-0.25, -0.2) is 0 Å². The first-order chi connectivity index (χ1) is 9.93. The van der Waals surface area contributed by atoms with Crippen molar-refractivity contribution in [3.63, 3.8) is 0 Å². The lowest BCUT2D eigenvalue weighted by molar-refractivity contribution is -0.00787. The predicted molar refractivity (Wildman–Crippen MR) is 88.7 cm³/mol. The molecule has 2 N–H and O–H groups in total. The minimum Gasteiger partial charge on any atom is -0.388 e. The molecule has 0 bridgehead atoms. The molecule has 0 atom stereocenters. The summed E-state index contributed by atoms with van der Waals surface area (Å²) in [6.45, 7) is 2.49. The molecular weight excluding hydrogens is 354 g/mol. The summed E-state index contributed by atoms with van der Waals surface area (Å²) in [5, 5.41) is 14.0. The Kier molecular flexibility index (Phi) is 5.69. The zero-order chi connectivity index (χ0) is 15.5. The highest BCUT2D eigenvalue weighted by molar-refractivity contribution is 9.10. The summed E-state index contributed by atoms with van der Waals surface area (Å²) < 4.78 is 0.661. The predicted octanol–water partition coefficient (Wildman–Crippen LogP) is 4.16. The molecule has 1 amide bonds. The first-order valence-corrected chi connectivity index (χ1v) is 8.56. The Hall–Kier alpha value is -0.580. The zero-order valence-electron chi connectivity index (χ0n) is 12.2. The molecular formula is C16H21BrClNO2. The number of benzene rings is 1. The molecule has 116 valence electrons. The number of hydrogen-bond donors (Lipinski definition) is 2. The topological polar surface area (TPSA) is 49.3 Å². The third-order valence-corrected chi connectivity index (χ3v) is 5.26. The number of amides is 1. The summed E-state index contributed by atoms with van der Waals surface area (Å²) in [7, 11) is 0. The quantitative estimate of drug-likeness (QED) is 0.831. The maximum absolute atomic E-state index is 12.2. The van der Waals surface area contributed by atoms with Gasteiger partial charge in [-0.3, -0.25) is 4.79 Å². The van der Waals surface area contributed by atoms with Crippen molar-refractivity contribution in [1.82, 2.24) is 5.32 Å². The Bertz CT molecular complexity index is 513. The van der Waals surface area contributed by atoms with Crippen LogP contribution in [0.3, 0.4) is 0 Å². The van der Waals surface area contributed by atoms with Crippen LogP contribution >= 0.6 is 27.5 Å². The fraction of sp³-hybridized carbons (Fsp3) is 0.562. The van der Waals surface area contributed by atoms with Crippen molar-refractivity contribution in [3.05, 3.63) is 33.3 Å². The second-order valence-electron chi connectivity index (χ2n) is 5.88. The van der Waals surface area contributed by atoms with Crippen LogP contribution in [0.1, 0.15) is 49.4 Å². The summed E-state index contributed by atoms with van der Waals surface area (Å²) in [4.78, 5) is 12.2. The van der Waals surface area contributed by atoms with E-state index in [4.69, 9.17) is 11.6 Å². The van der Waals surface area contributed by atoms with Gasteiger partial charge in [-0.05, 0) is 65.7 Å². The van der Waals surface area contributed by atoms with Crippen molar-refractivity contribution in [3.8, 4) is 0 Å². The number of hydrogen-bond acceptors (Lipinski definition) is 2. The molecule has 21 heavy (non-hydrogen) atoms. The van der Waals surface area contributed by atoms with Crippen molar-refractivity contribution >= 4 is 33.4 Å². The number of carbonyl (C=O) groups is 1. The fourth-order valence-electron chi connectivity index (χ4n) is 2.81. The average molecular weight is 375 g/mol. The maximum Gasteiger partial charge on any atom is 0.252 e. The molecule has 0 aliphatic heterocycles. The summed E-state index contributed by atoms with van der Waals surface area (Å²) in [6, 6.07) is 5.06. The van der Waals surface area contributed by atoms with Crippen molar-refractivity contribution < 1.29 is 9.90 Å². The smallest absolute Gasteiger partial charge is 0.252 e. The van der Waals surface area contributed by atoms with E-state index in [-0.39, 0.29) is 5.91 Å². The summed E-state index contributed by atoms with van der Waals surface area (Å²) in [6.07, 6.45) is 4.75. The van der Waals surface area contributed by atoms with E-state index < -0.39 is 5.60 Å². The number of aliphatic hydroxyl groups is 1. The van der Waals surface area contributed by atoms with Gasteiger partial charge < -0.3 is 10.4 Å². The molecule has 1 aromatic rings. The fourth-order valence-corrected chi connectivity index (χ4v) is 3.68. The maximum atomic E-state index is 12.2.